The summed E-state index contributed by atoms with van der Waals surface area (Å²) in [4.78, 5) is 6.40. The van der Waals surface area contributed by atoms with Gasteiger partial charge in [-0.2, -0.15) is 0 Å². The molecule has 2 N–H and O–H groups in total. The van der Waals surface area contributed by atoms with Gasteiger partial charge in [0.25, 0.3) is 0 Å². The quantitative estimate of drug-likeness (QED) is 0.758. The van der Waals surface area contributed by atoms with Crippen LogP contribution in [-0.2, 0) is 6.54 Å². The lowest BCUT2D eigenvalue weighted by Crippen LogP contribution is -2.38. The van der Waals surface area contributed by atoms with E-state index in [4.69, 9.17) is 5.73 Å². The van der Waals surface area contributed by atoms with Crippen molar-refractivity contribution in [1.29, 1.82) is 0 Å². The molecular weight excluding hydrogens is 174 g/mol. The Morgan fingerprint density at radius 3 is 2.79 bits per heavy atom. The molecule has 2 heterocycles. The van der Waals surface area contributed by atoms with Crippen molar-refractivity contribution in [2.45, 2.75) is 25.4 Å². The van der Waals surface area contributed by atoms with Crippen molar-refractivity contribution in [3.63, 3.8) is 0 Å². The molecule has 3 nitrogen and oxygen atoms in total. The Kier molecular flexibility index (Phi) is 2.52. The van der Waals surface area contributed by atoms with E-state index in [-0.39, 0.29) is 5.54 Å². The van der Waals surface area contributed by atoms with Gasteiger partial charge >= 0.3 is 0 Å². The van der Waals surface area contributed by atoms with E-state index in [1.807, 2.05) is 12.4 Å². The van der Waals surface area contributed by atoms with E-state index in [1.165, 1.54) is 5.56 Å². The van der Waals surface area contributed by atoms with Gasteiger partial charge < -0.3 is 5.73 Å². The summed E-state index contributed by atoms with van der Waals surface area (Å²) in [6, 6.07) is 4.12. The molecule has 0 aromatic carbocycles. The van der Waals surface area contributed by atoms with Crippen LogP contribution in [0.2, 0.25) is 0 Å². The number of likely N-dealkylation sites (tertiary alicyclic amines) is 1. The smallest absolute Gasteiger partial charge is 0.0271 e. The van der Waals surface area contributed by atoms with Crippen molar-refractivity contribution in [2.24, 2.45) is 5.73 Å². The van der Waals surface area contributed by atoms with E-state index in [2.05, 4.69) is 28.9 Å². The van der Waals surface area contributed by atoms with Gasteiger partial charge in [0.15, 0.2) is 0 Å². The molecule has 2 rings (SSSR count). The molecule has 1 atom stereocenters. The molecule has 0 saturated carbocycles. The van der Waals surface area contributed by atoms with Crippen LogP contribution < -0.4 is 5.73 Å². The SMILES string of the molecule is CC1(N)CCN(Cc2ccncc2)C1. The second kappa shape index (κ2) is 3.67. The van der Waals surface area contributed by atoms with Gasteiger partial charge in [0.05, 0.1) is 0 Å². The van der Waals surface area contributed by atoms with Crippen LogP contribution >= 0.6 is 0 Å². The molecule has 1 saturated heterocycles. The van der Waals surface area contributed by atoms with Crippen molar-refractivity contribution in [2.75, 3.05) is 13.1 Å². The lowest BCUT2D eigenvalue weighted by molar-refractivity contribution is 0.309. The second-order valence-corrected chi connectivity index (χ2v) is 4.47. The van der Waals surface area contributed by atoms with Gasteiger partial charge in [-0.15, -0.1) is 0 Å². The zero-order valence-corrected chi connectivity index (χ0v) is 8.61. The van der Waals surface area contributed by atoms with E-state index >= 15 is 0 Å². The van der Waals surface area contributed by atoms with Crippen LogP contribution in [-0.4, -0.2) is 28.5 Å². The Bertz CT molecular complexity index is 295. The zero-order valence-electron chi connectivity index (χ0n) is 8.61. The molecule has 1 aliphatic rings. The average Bonchev–Trinajstić information content (AvgIpc) is 2.47. The molecule has 1 aliphatic heterocycles. The summed E-state index contributed by atoms with van der Waals surface area (Å²) in [7, 11) is 0. The first-order valence-electron chi connectivity index (χ1n) is 5.06. The molecular formula is C11H17N3. The molecule has 76 valence electrons. The molecule has 1 fully saturated rings. The van der Waals surface area contributed by atoms with E-state index < -0.39 is 0 Å². The van der Waals surface area contributed by atoms with Crippen LogP contribution in [0.5, 0.6) is 0 Å². The van der Waals surface area contributed by atoms with Crippen molar-refractivity contribution in [1.82, 2.24) is 9.88 Å². The number of rotatable bonds is 2. The van der Waals surface area contributed by atoms with Gasteiger partial charge in [0.1, 0.15) is 0 Å². The van der Waals surface area contributed by atoms with Gasteiger partial charge in [-0.1, -0.05) is 0 Å². The maximum atomic E-state index is 6.07. The number of nitrogens with two attached hydrogens (primary N) is 1. The Balaban J connectivity index is 1.94. The van der Waals surface area contributed by atoms with E-state index in [1.54, 1.807) is 0 Å². The second-order valence-electron chi connectivity index (χ2n) is 4.47. The monoisotopic (exact) mass is 191 g/mol. The maximum absolute atomic E-state index is 6.07. The highest BCUT2D eigenvalue weighted by Crippen LogP contribution is 2.19. The molecule has 0 radical (unpaired) electrons. The summed E-state index contributed by atoms with van der Waals surface area (Å²) in [5.74, 6) is 0. The Hall–Kier alpha value is -0.930. The third-order valence-corrected chi connectivity index (χ3v) is 2.74. The molecule has 0 spiro atoms. The normalized spacial score (nSPS) is 28.1. The summed E-state index contributed by atoms with van der Waals surface area (Å²) in [6.07, 6.45) is 4.78. The predicted octanol–water partition coefficient (Wildman–Crippen LogP) is 1.00. The predicted molar refractivity (Wildman–Crippen MR) is 56.7 cm³/mol. The zero-order chi connectivity index (χ0) is 10.0. The summed E-state index contributed by atoms with van der Waals surface area (Å²) in [5.41, 5.74) is 7.39. The third kappa shape index (κ3) is 2.30. The molecule has 0 aliphatic carbocycles. The molecule has 0 amide bonds. The summed E-state index contributed by atoms with van der Waals surface area (Å²) < 4.78 is 0. The van der Waals surface area contributed by atoms with Crippen molar-refractivity contribution >= 4 is 0 Å². The van der Waals surface area contributed by atoms with E-state index in [9.17, 15) is 0 Å². The number of pyridine rings is 1. The van der Waals surface area contributed by atoms with E-state index in [0.717, 1.165) is 26.1 Å². The van der Waals surface area contributed by atoms with Crippen LogP contribution in [0.4, 0.5) is 0 Å². The van der Waals surface area contributed by atoms with Crippen molar-refractivity contribution < 1.29 is 0 Å². The number of hydrogen-bond acceptors (Lipinski definition) is 3. The Morgan fingerprint density at radius 1 is 1.50 bits per heavy atom. The fourth-order valence-electron chi connectivity index (χ4n) is 1.96. The lowest BCUT2D eigenvalue weighted by Gasteiger charge is -2.19. The van der Waals surface area contributed by atoms with Gasteiger partial charge in [-0.05, 0) is 31.0 Å². The number of aromatic nitrogens is 1. The number of hydrogen-bond donors (Lipinski definition) is 1. The molecule has 1 aromatic heterocycles. The van der Waals surface area contributed by atoms with Gasteiger partial charge in [0, 0.05) is 37.6 Å². The van der Waals surface area contributed by atoms with Gasteiger partial charge in [0.2, 0.25) is 0 Å². The summed E-state index contributed by atoms with van der Waals surface area (Å²) in [5, 5.41) is 0. The average molecular weight is 191 g/mol. The first kappa shape index (κ1) is 9.62. The van der Waals surface area contributed by atoms with Crippen LogP contribution in [0.1, 0.15) is 18.9 Å². The highest BCUT2D eigenvalue weighted by atomic mass is 15.2. The van der Waals surface area contributed by atoms with E-state index in [0.29, 0.717) is 0 Å². The Morgan fingerprint density at radius 2 is 2.21 bits per heavy atom. The third-order valence-electron chi connectivity index (χ3n) is 2.74. The molecule has 1 unspecified atom stereocenters. The van der Waals surface area contributed by atoms with Crippen LogP contribution in [0.3, 0.4) is 0 Å². The topological polar surface area (TPSA) is 42.1 Å². The minimum atomic E-state index is 0.00697. The van der Waals surface area contributed by atoms with Gasteiger partial charge in [-0.25, -0.2) is 0 Å². The largest absolute Gasteiger partial charge is 0.324 e. The van der Waals surface area contributed by atoms with Crippen LogP contribution in [0.15, 0.2) is 24.5 Å². The molecule has 1 aromatic rings. The highest BCUT2D eigenvalue weighted by molar-refractivity contribution is 5.10. The molecule has 3 heteroatoms. The standard InChI is InChI=1S/C11H17N3/c1-11(12)4-7-14(9-11)8-10-2-5-13-6-3-10/h2-3,5-6H,4,7-9,12H2,1H3. The Labute approximate surface area is 84.9 Å². The fraction of sp³-hybridized carbons (Fsp3) is 0.545. The first-order chi connectivity index (χ1) is 6.66. The summed E-state index contributed by atoms with van der Waals surface area (Å²) >= 11 is 0. The number of nitrogens with zero attached hydrogens (tertiary/aromatic N) is 2. The highest BCUT2D eigenvalue weighted by Gasteiger charge is 2.29. The van der Waals surface area contributed by atoms with Crippen molar-refractivity contribution in [3.8, 4) is 0 Å². The van der Waals surface area contributed by atoms with Crippen LogP contribution in [0, 0.1) is 0 Å². The summed E-state index contributed by atoms with van der Waals surface area (Å²) in [6.45, 7) is 5.22. The van der Waals surface area contributed by atoms with Crippen LogP contribution in [0.25, 0.3) is 0 Å². The molecule has 14 heavy (non-hydrogen) atoms. The molecule has 0 bridgehead atoms. The minimum absolute atomic E-state index is 0.00697. The lowest BCUT2D eigenvalue weighted by atomic mass is 10.0. The fourth-order valence-corrected chi connectivity index (χ4v) is 1.96. The minimum Gasteiger partial charge on any atom is -0.324 e. The first-order valence-corrected chi connectivity index (χ1v) is 5.06. The van der Waals surface area contributed by atoms with Gasteiger partial charge in [-0.3, -0.25) is 9.88 Å². The maximum Gasteiger partial charge on any atom is 0.0271 e. The van der Waals surface area contributed by atoms with Crippen molar-refractivity contribution in [3.05, 3.63) is 30.1 Å².